The lowest BCUT2D eigenvalue weighted by Gasteiger charge is -2.33. The largest absolute Gasteiger partial charge is 0.379 e. The fraction of sp³-hybridized carbons (Fsp3) is 0.789. The third-order valence-electron chi connectivity index (χ3n) is 6.12. The molecule has 1 aromatic rings. The second-order valence-corrected chi connectivity index (χ2v) is 9.53. The van der Waals surface area contributed by atoms with Crippen molar-refractivity contribution in [2.24, 2.45) is 11.3 Å². The van der Waals surface area contributed by atoms with Gasteiger partial charge in [-0.3, -0.25) is 14.6 Å². The molecule has 2 atom stereocenters. The lowest BCUT2D eigenvalue weighted by atomic mass is 9.80. The topological polar surface area (TPSA) is 52.2 Å². The molecule has 150 valence electrons. The monoisotopic (exact) mass is 393 g/mol. The molecular formula is C19H31N5O2S. The number of thiazole rings is 1. The van der Waals surface area contributed by atoms with Crippen molar-refractivity contribution in [1.82, 2.24) is 24.6 Å². The normalized spacial score (nSPS) is 29.6. The van der Waals surface area contributed by atoms with Crippen LogP contribution >= 0.6 is 11.3 Å². The summed E-state index contributed by atoms with van der Waals surface area (Å²) in [6, 6.07) is 0. The summed E-state index contributed by atoms with van der Waals surface area (Å²) in [7, 11) is 4.29. The molecule has 2 unspecified atom stereocenters. The van der Waals surface area contributed by atoms with Gasteiger partial charge in [0, 0.05) is 62.8 Å². The van der Waals surface area contributed by atoms with Crippen molar-refractivity contribution in [1.29, 1.82) is 0 Å². The number of likely N-dealkylation sites (tertiary alicyclic amines) is 2. The molecule has 27 heavy (non-hydrogen) atoms. The smallest absolute Gasteiger partial charge is 0.236 e. The van der Waals surface area contributed by atoms with Gasteiger partial charge in [-0.1, -0.05) is 0 Å². The van der Waals surface area contributed by atoms with E-state index in [4.69, 9.17) is 4.74 Å². The number of nitrogens with zero attached hydrogens (tertiary/aromatic N) is 5. The van der Waals surface area contributed by atoms with Crippen molar-refractivity contribution in [3.63, 3.8) is 0 Å². The molecule has 3 fully saturated rings. The van der Waals surface area contributed by atoms with Crippen molar-refractivity contribution < 1.29 is 9.53 Å². The zero-order chi connectivity index (χ0) is 18.9. The summed E-state index contributed by atoms with van der Waals surface area (Å²) >= 11 is 1.73. The first-order valence-corrected chi connectivity index (χ1v) is 10.8. The first-order chi connectivity index (χ1) is 13.0. The third kappa shape index (κ3) is 4.35. The van der Waals surface area contributed by atoms with E-state index < -0.39 is 0 Å². The highest BCUT2D eigenvalue weighted by atomic mass is 32.1. The van der Waals surface area contributed by atoms with Crippen LogP contribution < -0.4 is 0 Å². The minimum absolute atomic E-state index is 0.182. The molecule has 0 aliphatic carbocycles. The molecule has 0 saturated carbocycles. The van der Waals surface area contributed by atoms with E-state index in [-0.39, 0.29) is 11.3 Å². The van der Waals surface area contributed by atoms with E-state index in [2.05, 4.69) is 38.7 Å². The van der Waals surface area contributed by atoms with Crippen LogP contribution in [0.25, 0.3) is 0 Å². The predicted molar refractivity (Wildman–Crippen MR) is 106 cm³/mol. The molecule has 0 bridgehead atoms. The first kappa shape index (κ1) is 19.3. The van der Waals surface area contributed by atoms with E-state index in [9.17, 15) is 4.79 Å². The number of fused-ring (bicyclic) bond motifs is 1. The van der Waals surface area contributed by atoms with E-state index in [0.29, 0.717) is 12.5 Å². The maximum Gasteiger partial charge on any atom is 0.236 e. The number of amides is 1. The molecule has 3 aliphatic heterocycles. The van der Waals surface area contributed by atoms with Gasteiger partial charge in [0.25, 0.3) is 0 Å². The van der Waals surface area contributed by atoms with Crippen molar-refractivity contribution in [3.05, 3.63) is 16.6 Å². The lowest BCUT2D eigenvalue weighted by molar-refractivity contribution is -0.133. The maximum absolute atomic E-state index is 12.9. The average molecular weight is 394 g/mol. The highest BCUT2D eigenvalue weighted by molar-refractivity contribution is 7.09. The van der Waals surface area contributed by atoms with Gasteiger partial charge in [-0.2, -0.15) is 0 Å². The van der Waals surface area contributed by atoms with Crippen LogP contribution in [0.1, 0.15) is 5.01 Å². The quantitative estimate of drug-likeness (QED) is 0.693. The van der Waals surface area contributed by atoms with Gasteiger partial charge in [0.15, 0.2) is 0 Å². The van der Waals surface area contributed by atoms with Crippen LogP contribution in [-0.2, 0) is 16.1 Å². The highest BCUT2D eigenvalue weighted by Gasteiger charge is 2.53. The Kier molecular flexibility index (Phi) is 5.80. The fourth-order valence-electron chi connectivity index (χ4n) is 5.03. The van der Waals surface area contributed by atoms with Crippen LogP contribution in [0, 0.1) is 11.3 Å². The van der Waals surface area contributed by atoms with Crippen LogP contribution in [-0.4, -0.2) is 110 Å². The Bertz CT molecular complexity index is 634. The molecule has 0 aromatic carbocycles. The van der Waals surface area contributed by atoms with Crippen LogP contribution in [0.5, 0.6) is 0 Å². The standard InChI is InChI=1S/C19H31N5O2S/c1-21(2)13-19-14-23(11-17-20-3-8-27-17)9-16(19)10-24(15-19)18(25)12-22-4-6-26-7-5-22/h3,8,16H,4-7,9-15H2,1-2H3. The van der Waals surface area contributed by atoms with Gasteiger partial charge in [-0.25, -0.2) is 4.98 Å². The van der Waals surface area contributed by atoms with Crippen LogP contribution in [0.4, 0.5) is 0 Å². The van der Waals surface area contributed by atoms with Crippen LogP contribution in [0.15, 0.2) is 11.6 Å². The molecule has 0 spiro atoms. The van der Waals surface area contributed by atoms with E-state index in [0.717, 1.165) is 65.6 Å². The van der Waals surface area contributed by atoms with Crippen molar-refractivity contribution in [2.45, 2.75) is 6.54 Å². The molecular weight excluding hydrogens is 362 g/mol. The molecule has 0 radical (unpaired) electrons. The van der Waals surface area contributed by atoms with Gasteiger partial charge in [0.1, 0.15) is 5.01 Å². The van der Waals surface area contributed by atoms with E-state index in [1.807, 2.05) is 11.6 Å². The Balaban J connectivity index is 1.39. The number of carbonyl (C=O) groups is 1. The first-order valence-electron chi connectivity index (χ1n) is 9.87. The summed E-state index contributed by atoms with van der Waals surface area (Å²) in [4.78, 5) is 26.6. The summed E-state index contributed by atoms with van der Waals surface area (Å²) in [6.45, 7) is 9.62. The predicted octanol–water partition coefficient (Wildman–Crippen LogP) is 0.297. The SMILES string of the molecule is CN(C)CC12CN(Cc3nccs3)CC1CN(C(=O)CN1CCOCC1)C2. The number of aromatic nitrogens is 1. The average Bonchev–Trinajstić information content (AvgIpc) is 3.30. The zero-order valence-electron chi connectivity index (χ0n) is 16.5. The van der Waals surface area contributed by atoms with E-state index >= 15 is 0 Å². The number of rotatable bonds is 6. The summed E-state index contributed by atoms with van der Waals surface area (Å²) in [5.41, 5.74) is 0.182. The van der Waals surface area contributed by atoms with Gasteiger partial charge >= 0.3 is 0 Å². The second kappa shape index (κ2) is 8.13. The third-order valence-corrected chi connectivity index (χ3v) is 6.88. The summed E-state index contributed by atoms with van der Waals surface area (Å²) < 4.78 is 5.40. The molecule has 1 aromatic heterocycles. The second-order valence-electron chi connectivity index (χ2n) is 8.56. The minimum atomic E-state index is 0.182. The number of morpholine rings is 1. The number of ether oxygens (including phenoxy) is 1. The highest BCUT2D eigenvalue weighted by Crippen LogP contribution is 2.43. The summed E-state index contributed by atoms with van der Waals surface area (Å²) in [5, 5.41) is 3.24. The van der Waals surface area contributed by atoms with Crippen molar-refractivity contribution in [3.8, 4) is 0 Å². The van der Waals surface area contributed by atoms with E-state index in [1.54, 1.807) is 11.3 Å². The molecule has 7 nitrogen and oxygen atoms in total. The Morgan fingerprint density at radius 3 is 2.81 bits per heavy atom. The Morgan fingerprint density at radius 1 is 1.30 bits per heavy atom. The number of carbonyl (C=O) groups excluding carboxylic acids is 1. The minimum Gasteiger partial charge on any atom is -0.379 e. The Morgan fingerprint density at radius 2 is 2.11 bits per heavy atom. The summed E-state index contributed by atoms with van der Waals surface area (Å²) in [6.07, 6.45) is 1.89. The Hall–Kier alpha value is -1.06. The maximum atomic E-state index is 12.9. The fourth-order valence-corrected chi connectivity index (χ4v) is 5.69. The zero-order valence-corrected chi connectivity index (χ0v) is 17.3. The molecule has 0 N–H and O–H groups in total. The summed E-state index contributed by atoms with van der Waals surface area (Å²) in [5.74, 6) is 0.837. The van der Waals surface area contributed by atoms with Crippen molar-refractivity contribution >= 4 is 17.2 Å². The molecule has 8 heteroatoms. The van der Waals surface area contributed by atoms with Crippen LogP contribution in [0.3, 0.4) is 0 Å². The van der Waals surface area contributed by atoms with Gasteiger partial charge in [-0.15, -0.1) is 11.3 Å². The van der Waals surface area contributed by atoms with Gasteiger partial charge in [0.2, 0.25) is 5.91 Å². The van der Waals surface area contributed by atoms with E-state index in [1.165, 1.54) is 5.01 Å². The Labute approximate surface area is 165 Å². The molecule has 3 aliphatic rings. The van der Waals surface area contributed by atoms with Crippen molar-refractivity contribution in [2.75, 3.05) is 79.7 Å². The molecule has 3 saturated heterocycles. The molecule has 4 heterocycles. The lowest BCUT2D eigenvalue weighted by Crippen LogP contribution is -2.46. The van der Waals surface area contributed by atoms with Gasteiger partial charge in [0.05, 0.1) is 26.3 Å². The van der Waals surface area contributed by atoms with Gasteiger partial charge in [-0.05, 0) is 20.0 Å². The van der Waals surface area contributed by atoms with Crippen LogP contribution in [0.2, 0.25) is 0 Å². The molecule has 1 amide bonds. The van der Waals surface area contributed by atoms with Gasteiger partial charge < -0.3 is 14.5 Å². The number of hydrogen-bond donors (Lipinski definition) is 0. The number of hydrogen-bond acceptors (Lipinski definition) is 7. The molecule has 4 rings (SSSR count).